The smallest absolute Gasteiger partial charge is 0.107 e. The van der Waals surface area contributed by atoms with Gasteiger partial charge in [0.15, 0.2) is 0 Å². The van der Waals surface area contributed by atoms with Crippen LogP contribution in [0.3, 0.4) is 0 Å². The van der Waals surface area contributed by atoms with Crippen LogP contribution in [-0.4, -0.2) is 36.1 Å². The van der Waals surface area contributed by atoms with Crippen LogP contribution in [0.1, 0.15) is 17.8 Å². The molecule has 1 aromatic rings. The molecule has 14 heavy (non-hydrogen) atoms. The van der Waals surface area contributed by atoms with E-state index in [4.69, 9.17) is 0 Å². The topological polar surface area (TPSA) is 28.2 Å². The van der Waals surface area contributed by atoms with Gasteiger partial charge in [0.05, 0.1) is 6.54 Å². The van der Waals surface area contributed by atoms with Gasteiger partial charge in [-0.2, -0.15) is 0 Å². The lowest BCUT2D eigenvalue weighted by Crippen LogP contribution is -2.29. The lowest BCUT2D eigenvalue weighted by molar-refractivity contribution is 0.323. The molecule has 0 atom stereocenters. The van der Waals surface area contributed by atoms with Gasteiger partial charge in [-0.15, -0.1) is 11.3 Å². The molecule has 1 fully saturated rings. The van der Waals surface area contributed by atoms with Crippen LogP contribution < -0.4 is 5.32 Å². The summed E-state index contributed by atoms with van der Waals surface area (Å²) in [6, 6.07) is 0.822. The van der Waals surface area contributed by atoms with Gasteiger partial charge in [-0.25, -0.2) is 4.98 Å². The van der Waals surface area contributed by atoms with Gasteiger partial charge in [0.1, 0.15) is 5.01 Å². The van der Waals surface area contributed by atoms with Crippen molar-refractivity contribution in [2.45, 2.75) is 25.4 Å². The lowest BCUT2D eigenvalue weighted by Gasteiger charge is -2.14. The van der Waals surface area contributed by atoms with Crippen molar-refractivity contribution in [3.05, 3.63) is 16.6 Å². The Balaban J connectivity index is 1.60. The summed E-state index contributed by atoms with van der Waals surface area (Å²) >= 11 is 1.73. The summed E-state index contributed by atoms with van der Waals surface area (Å²) in [5.41, 5.74) is 0. The summed E-state index contributed by atoms with van der Waals surface area (Å²) in [7, 11) is 2.15. The van der Waals surface area contributed by atoms with Crippen molar-refractivity contribution in [3.8, 4) is 0 Å². The Hall–Kier alpha value is -0.450. The van der Waals surface area contributed by atoms with Crippen LogP contribution in [0.4, 0.5) is 0 Å². The fourth-order valence-electron chi connectivity index (χ4n) is 1.39. The van der Waals surface area contributed by atoms with E-state index < -0.39 is 0 Å². The summed E-state index contributed by atoms with van der Waals surface area (Å²) < 4.78 is 0. The van der Waals surface area contributed by atoms with Crippen LogP contribution in [0.25, 0.3) is 0 Å². The molecule has 0 bridgehead atoms. The molecule has 0 radical (unpaired) electrons. The molecule has 0 aliphatic heterocycles. The second kappa shape index (κ2) is 4.87. The molecular formula is C10H17N3S. The minimum atomic E-state index is 0.822. The van der Waals surface area contributed by atoms with Gasteiger partial charge in [0.25, 0.3) is 0 Å². The van der Waals surface area contributed by atoms with Gasteiger partial charge < -0.3 is 5.32 Å². The highest BCUT2D eigenvalue weighted by atomic mass is 32.1. The molecular weight excluding hydrogens is 194 g/mol. The van der Waals surface area contributed by atoms with Gasteiger partial charge in [-0.1, -0.05) is 0 Å². The highest BCUT2D eigenvalue weighted by molar-refractivity contribution is 7.09. The first-order valence-electron chi connectivity index (χ1n) is 5.15. The number of nitrogens with zero attached hydrogens (tertiary/aromatic N) is 2. The fourth-order valence-corrected chi connectivity index (χ4v) is 2.08. The van der Waals surface area contributed by atoms with Crippen molar-refractivity contribution >= 4 is 11.3 Å². The molecule has 1 aromatic heterocycles. The number of nitrogens with one attached hydrogen (secondary N) is 1. The minimum Gasteiger partial charge on any atom is -0.313 e. The second-order valence-corrected chi connectivity index (χ2v) is 4.87. The Kier molecular flexibility index (Phi) is 3.50. The largest absolute Gasteiger partial charge is 0.313 e. The summed E-state index contributed by atoms with van der Waals surface area (Å²) in [6.07, 6.45) is 4.61. The molecule has 0 aromatic carbocycles. The number of likely N-dealkylation sites (N-methyl/N-ethyl adjacent to an activating group) is 1. The van der Waals surface area contributed by atoms with E-state index in [9.17, 15) is 0 Å². The normalized spacial score (nSPS) is 16.4. The maximum absolute atomic E-state index is 4.27. The SMILES string of the molecule is CN(CCNC1CC1)Cc1nccs1. The van der Waals surface area contributed by atoms with E-state index in [1.165, 1.54) is 17.8 Å². The zero-order valence-corrected chi connectivity index (χ0v) is 9.39. The molecule has 4 heteroatoms. The Labute approximate surface area is 89.1 Å². The predicted molar refractivity (Wildman–Crippen MR) is 59.5 cm³/mol. The van der Waals surface area contributed by atoms with Crippen molar-refractivity contribution in [2.24, 2.45) is 0 Å². The molecule has 2 rings (SSSR count). The molecule has 0 saturated heterocycles. The summed E-state index contributed by atoms with van der Waals surface area (Å²) in [4.78, 5) is 6.58. The third-order valence-electron chi connectivity index (χ3n) is 2.39. The van der Waals surface area contributed by atoms with Crippen molar-refractivity contribution in [3.63, 3.8) is 0 Å². The third-order valence-corrected chi connectivity index (χ3v) is 3.16. The average Bonchev–Trinajstić information content (AvgIpc) is 2.83. The summed E-state index contributed by atoms with van der Waals surface area (Å²) in [5.74, 6) is 0. The third kappa shape index (κ3) is 3.36. The van der Waals surface area contributed by atoms with Crippen molar-refractivity contribution in [1.29, 1.82) is 0 Å². The highest BCUT2D eigenvalue weighted by Gasteiger charge is 2.19. The molecule has 1 aliphatic carbocycles. The van der Waals surface area contributed by atoms with Gasteiger partial charge in [-0.05, 0) is 19.9 Å². The molecule has 0 amide bonds. The van der Waals surface area contributed by atoms with Crippen LogP contribution in [-0.2, 0) is 6.54 Å². The molecule has 1 N–H and O–H groups in total. The monoisotopic (exact) mass is 211 g/mol. The van der Waals surface area contributed by atoms with Crippen LogP contribution in [0.2, 0.25) is 0 Å². The molecule has 0 unspecified atom stereocenters. The number of aromatic nitrogens is 1. The fraction of sp³-hybridized carbons (Fsp3) is 0.700. The molecule has 1 heterocycles. The maximum atomic E-state index is 4.27. The first-order chi connectivity index (χ1) is 6.84. The Morgan fingerprint density at radius 2 is 2.50 bits per heavy atom. The zero-order chi connectivity index (χ0) is 9.80. The van der Waals surface area contributed by atoms with Crippen LogP contribution in [0.15, 0.2) is 11.6 Å². The molecule has 3 nitrogen and oxygen atoms in total. The van der Waals surface area contributed by atoms with Crippen molar-refractivity contribution in [2.75, 3.05) is 20.1 Å². The van der Waals surface area contributed by atoms with E-state index in [1.54, 1.807) is 11.3 Å². The average molecular weight is 211 g/mol. The van der Waals surface area contributed by atoms with E-state index in [2.05, 4.69) is 22.2 Å². The van der Waals surface area contributed by atoms with E-state index in [0.717, 1.165) is 25.7 Å². The Bertz CT molecular complexity index is 256. The number of rotatable bonds is 6. The molecule has 0 spiro atoms. The quantitative estimate of drug-likeness (QED) is 0.769. The van der Waals surface area contributed by atoms with E-state index in [1.807, 2.05) is 11.6 Å². The van der Waals surface area contributed by atoms with E-state index in [0.29, 0.717) is 0 Å². The standard InChI is InChI=1S/C10H17N3S/c1-13(6-4-11-9-2-3-9)8-10-12-5-7-14-10/h5,7,9,11H,2-4,6,8H2,1H3. The first kappa shape index (κ1) is 10.1. The highest BCUT2D eigenvalue weighted by Crippen LogP contribution is 2.18. The summed E-state index contributed by atoms with van der Waals surface area (Å²) in [5, 5.41) is 6.75. The zero-order valence-electron chi connectivity index (χ0n) is 8.57. The number of thiazole rings is 1. The lowest BCUT2D eigenvalue weighted by atomic mass is 10.5. The Morgan fingerprint density at radius 1 is 1.64 bits per heavy atom. The van der Waals surface area contributed by atoms with Gasteiger partial charge in [0, 0.05) is 30.7 Å². The molecule has 78 valence electrons. The van der Waals surface area contributed by atoms with Gasteiger partial charge in [0.2, 0.25) is 0 Å². The van der Waals surface area contributed by atoms with Gasteiger partial charge in [-0.3, -0.25) is 4.90 Å². The predicted octanol–water partition coefficient (Wildman–Crippen LogP) is 1.33. The molecule has 1 aliphatic rings. The van der Waals surface area contributed by atoms with Crippen LogP contribution in [0.5, 0.6) is 0 Å². The first-order valence-corrected chi connectivity index (χ1v) is 6.03. The van der Waals surface area contributed by atoms with Crippen molar-refractivity contribution in [1.82, 2.24) is 15.2 Å². The van der Waals surface area contributed by atoms with Gasteiger partial charge >= 0.3 is 0 Å². The minimum absolute atomic E-state index is 0.822. The Morgan fingerprint density at radius 3 is 3.14 bits per heavy atom. The maximum Gasteiger partial charge on any atom is 0.107 e. The van der Waals surface area contributed by atoms with Crippen LogP contribution in [0, 0.1) is 0 Å². The van der Waals surface area contributed by atoms with E-state index in [-0.39, 0.29) is 0 Å². The number of hydrogen-bond donors (Lipinski definition) is 1. The summed E-state index contributed by atoms with van der Waals surface area (Å²) in [6.45, 7) is 3.19. The van der Waals surface area contributed by atoms with Crippen molar-refractivity contribution < 1.29 is 0 Å². The second-order valence-electron chi connectivity index (χ2n) is 3.89. The molecule has 1 saturated carbocycles. The number of hydrogen-bond acceptors (Lipinski definition) is 4. The van der Waals surface area contributed by atoms with Crippen LogP contribution >= 0.6 is 11.3 Å². The van der Waals surface area contributed by atoms with E-state index >= 15 is 0 Å².